The Morgan fingerprint density at radius 2 is 1.30 bits per heavy atom. The quantitative estimate of drug-likeness (QED) is 0.585. The molecular weight excluding hydrogens is 256 g/mol. The van der Waals surface area contributed by atoms with E-state index in [0.29, 0.717) is 17.6 Å². The molecule has 112 valence electrons. The Hall–Kier alpha value is -1.58. The van der Waals surface area contributed by atoms with Crippen molar-refractivity contribution in [2.24, 2.45) is 0 Å². The van der Waals surface area contributed by atoms with E-state index < -0.39 is 0 Å². The second-order valence-electron chi connectivity index (χ2n) is 5.16. The lowest BCUT2D eigenvalue weighted by molar-refractivity contribution is -0.153. The maximum Gasteiger partial charge on any atom is 0.333 e. The van der Waals surface area contributed by atoms with E-state index in [9.17, 15) is 9.59 Å². The lowest BCUT2D eigenvalue weighted by Crippen LogP contribution is -2.31. The maximum absolute atomic E-state index is 11.7. The van der Waals surface area contributed by atoms with Gasteiger partial charge < -0.3 is 9.47 Å². The van der Waals surface area contributed by atoms with Crippen LogP contribution in [0.1, 0.15) is 53.4 Å². The Balaban J connectivity index is 2.51. The number of hydrogen-bond acceptors (Lipinski definition) is 4. The summed E-state index contributed by atoms with van der Waals surface area (Å²) in [6.07, 6.45) is 6.31. The van der Waals surface area contributed by atoms with Crippen LogP contribution < -0.4 is 0 Å². The van der Waals surface area contributed by atoms with Gasteiger partial charge in [-0.05, 0) is 47.0 Å². The average Bonchev–Trinajstić information content (AvgIpc) is 2.45. The van der Waals surface area contributed by atoms with Gasteiger partial charge in [-0.25, -0.2) is 9.59 Å². The molecule has 0 N–H and O–H groups in total. The van der Waals surface area contributed by atoms with Crippen molar-refractivity contribution in [1.29, 1.82) is 0 Å². The van der Waals surface area contributed by atoms with Crippen LogP contribution >= 0.6 is 0 Å². The molecule has 0 aromatic rings. The minimum Gasteiger partial charge on any atom is -0.459 e. The van der Waals surface area contributed by atoms with Crippen LogP contribution in [0, 0.1) is 0 Å². The summed E-state index contributed by atoms with van der Waals surface area (Å²) >= 11 is 0. The summed E-state index contributed by atoms with van der Waals surface area (Å²) in [5, 5.41) is 0. The first-order valence-corrected chi connectivity index (χ1v) is 7.15. The molecule has 2 atom stereocenters. The zero-order valence-electron chi connectivity index (χ0n) is 12.8. The van der Waals surface area contributed by atoms with Crippen molar-refractivity contribution in [3.05, 3.63) is 23.3 Å². The predicted octanol–water partition coefficient (Wildman–Crippen LogP) is 3.32. The molecule has 2 unspecified atom stereocenters. The van der Waals surface area contributed by atoms with E-state index in [-0.39, 0.29) is 24.1 Å². The highest BCUT2D eigenvalue weighted by Gasteiger charge is 2.27. The Morgan fingerprint density at radius 3 is 1.65 bits per heavy atom. The van der Waals surface area contributed by atoms with Crippen LogP contribution in [0.4, 0.5) is 0 Å². The van der Waals surface area contributed by atoms with Gasteiger partial charge in [0.05, 0.1) is 0 Å². The fraction of sp³-hybridized carbons (Fsp3) is 0.625. The molecule has 1 rings (SSSR count). The number of carbonyl (C=O) groups excluding carboxylic acids is 2. The van der Waals surface area contributed by atoms with Gasteiger partial charge >= 0.3 is 11.9 Å². The SMILES string of the molecule is CC=C(C)C(=O)OC1CCCC(OC(=O)C(C)=CC)C1. The van der Waals surface area contributed by atoms with E-state index in [1.165, 1.54) is 0 Å². The molecule has 0 heterocycles. The Labute approximate surface area is 120 Å². The number of allylic oxidation sites excluding steroid dienone is 2. The molecular formula is C16H24O4. The third-order valence-corrected chi connectivity index (χ3v) is 3.64. The zero-order chi connectivity index (χ0) is 15.1. The standard InChI is InChI=1S/C16H24O4/c1-5-11(3)15(17)19-13-8-7-9-14(10-13)20-16(18)12(4)6-2/h5-6,13-14H,7-10H2,1-4H3. The van der Waals surface area contributed by atoms with Crippen LogP contribution in [-0.4, -0.2) is 24.1 Å². The van der Waals surface area contributed by atoms with Crippen LogP contribution in [-0.2, 0) is 19.1 Å². The van der Waals surface area contributed by atoms with Crippen molar-refractivity contribution < 1.29 is 19.1 Å². The van der Waals surface area contributed by atoms with E-state index in [1.807, 2.05) is 13.8 Å². The highest BCUT2D eigenvalue weighted by molar-refractivity contribution is 5.88. The topological polar surface area (TPSA) is 52.6 Å². The molecule has 1 fully saturated rings. The van der Waals surface area contributed by atoms with Crippen molar-refractivity contribution in [1.82, 2.24) is 0 Å². The van der Waals surface area contributed by atoms with Gasteiger partial charge in [0.2, 0.25) is 0 Å². The van der Waals surface area contributed by atoms with Gasteiger partial charge in [-0.15, -0.1) is 0 Å². The van der Waals surface area contributed by atoms with Crippen molar-refractivity contribution in [2.45, 2.75) is 65.6 Å². The van der Waals surface area contributed by atoms with E-state index in [4.69, 9.17) is 9.47 Å². The fourth-order valence-corrected chi connectivity index (χ4v) is 2.04. The van der Waals surface area contributed by atoms with Crippen LogP contribution in [0.25, 0.3) is 0 Å². The highest BCUT2D eigenvalue weighted by atomic mass is 16.6. The average molecular weight is 280 g/mol. The molecule has 1 saturated carbocycles. The number of ether oxygens (including phenoxy) is 2. The summed E-state index contributed by atoms with van der Waals surface area (Å²) in [4.78, 5) is 23.4. The van der Waals surface area contributed by atoms with Crippen molar-refractivity contribution in [2.75, 3.05) is 0 Å². The van der Waals surface area contributed by atoms with Crippen molar-refractivity contribution in [3.63, 3.8) is 0 Å². The van der Waals surface area contributed by atoms with E-state index >= 15 is 0 Å². The summed E-state index contributed by atoms with van der Waals surface area (Å²) in [6, 6.07) is 0. The summed E-state index contributed by atoms with van der Waals surface area (Å²) in [7, 11) is 0. The smallest absolute Gasteiger partial charge is 0.333 e. The van der Waals surface area contributed by atoms with E-state index in [2.05, 4.69) is 0 Å². The summed E-state index contributed by atoms with van der Waals surface area (Å²) < 4.78 is 10.9. The fourth-order valence-electron chi connectivity index (χ4n) is 2.04. The molecule has 20 heavy (non-hydrogen) atoms. The first-order valence-electron chi connectivity index (χ1n) is 7.15. The third kappa shape index (κ3) is 4.83. The molecule has 1 aliphatic rings. The van der Waals surface area contributed by atoms with Crippen LogP contribution in [0.2, 0.25) is 0 Å². The first kappa shape index (κ1) is 16.5. The zero-order valence-corrected chi connectivity index (χ0v) is 12.8. The summed E-state index contributed by atoms with van der Waals surface area (Å²) in [6.45, 7) is 7.08. The maximum atomic E-state index is 11.7. The molecule has 0 aliphatic heterocycles. The molecule has 0 radical (unpaired) electrons. The van der Waals surface area contributed by atoms with E-state index in [0.717, 1.165) is 19.3 Å². The van der Waals surface area contributed by atoms with Crippen LogP contribution in [0.5, 0.6) is 0 Å². The van der Waals surface area contributed by atoms with Crippen molar-refractivity contribution >= 4 is 11.9 Å². The molecule has 0 aromatic heterocycles. The second kappa shape index (κ2) is 7.88. The molecule has 0 aromatic carbocycles. The highest BCUT2D eigenvalue weighted by Crippen LogP contribution is 2.25. The van der Waals surface area contributed by atoms with Gasteiger partial charge in [-0.3, -0.25) is 0 Å². The lowest BCUT2D eigenvalue weighted by atomic mass is 9.94. The third-order valence-electron chi connectivity index (χ3n) is 3.64. The van der Waals surface area contributed by atoms with Gasteiger partial charge in [0.25, 0.3) is 0 Å². The molecule has 4 heteroatoms. The predicted molar refractivity (Wildman–Crippen MR) is 77.1 cm³/mol. The van der Waals surface area contributed by atoms with Crippen LogP contribution in [0.15, 0.2) is 23.3 Å². The molecule has 0 saturated heterocycles. The van der Waals surface area contributed by atoms with Gasteiger partial charge in [-0.1, -0.05) is 12.2 Å². The minimum absolute atomic E-state index is 0.158. The van der Waals surface area contributed by atoms with E-state index in [1.54, 1.807) is 26.0 Å². The lowest BCUT2D eigenvalue weighted by Gasteiger charge is -2.28. The number of rotatable bonds is 4. The Bertz CT molecular complexity index is 382. The summed E-state index contributed by atoms with van der Waals surface area (Å²) in [5.74, 6) is -0.566. The number of hydrogen-bond donors (Lipinski definition) is 0. The molecule has 0 bridgehead atoms. The van der Waals surface area contributed by atoms with Gasteiger partial charge in [0.1, 0.15) is 12.2 Å². The molecule has 4 nitrogen and oxygen atoms in total. The van der Waals surface area contributed by atoms with Gasteiger partial charge in [0, 0.05) is 17.6 Å². The van der Waals surface area contributed by atoms with Gasteiger partial charge in [0.15, 0.2) is 0 Å². The van der Waals surface area contributed by atoms with Gasteiger partial charge in [-0.2, -0.15) is 0 Å². The Kier molecular flexibility index (Phi) is 6.49. The first-order chi connectivity index (χ1) is 9.47. The monoisotopic (exact) mass is 280 g/mol. The number of carbonyl (C=O) groups is 2. The summed E-state index contributed by atoms with van der Waals surface area (Å²) in [5.41, 5.74) is 1.21. The molecule has 1 aliphatic carbocycles. The minimum atomic E-state index is -0.283. The van der Waals surface area contributed by atoms with Crippen LogP contribution in [0.3, 0.4) is 0 Å². The van der Waals surface area contributed by atoms with Crippen molar-refractivity contribution in [3.8, 4) is 0 Å². The Morgan fingerprint density at radius 1 is 0.900 bits per heavy atom. The largest absolute Gasteiger partial charge is 0.459 e. The molecule has 0 amide bonds. The molecule has 0 spiro atoms. The second-order valence-corrected chi connectivity index (χ2v) is 5.16. The number of esters is 2. The normalized spacial score (nSPS) is 24.2.